The zero-order valence-electron chi connectivity index (χ0n) is 14.1. The van der Waals surface area contributed by atoms with Gasteiger partial charge >= 0.3 is 11.5 Å². The third kappa shape index (κ3) is 5.81. The van der Waals surface area contributed by atoms with Crippen LogP contribution < -0.4 is 5.32 Å². The van der Waals surface area contributed by atoms with E-state index < -0.39 is 52.3 Å². The predicted molar refractivity (Wildman–Crippen MR) is 94.6 cm³/mol. The van der Waals surface area contributed by atoms with Gasteiger partial charge in [-0.2, -0.15) is 13.2 Å². The Kier molecular flexibility index (Phi) is 7.22. The molecule has 28 heavy (non-hydrogen) atoms. The summed E-state index contributed by atoms with van der Waals surface area (Å²) in [5, 5.41) is 2.09. The Morgan fingerprint density at radius 2 is 2.04 bits per heavy atom. The maximum Gasteiger partial charge on any atom is 0.446 e. The molecule has 1 N–H and O–H groups in total. The molecule has 6 nitrogen and oxygen atoms in total. The number of urea groups is 1. The van der Waals surface area contributed by atoms with Crippen molar-refractivity contribution >= 4 is 41.0 Å². The highest BCUT2D eigenvalue weighted by Crippen LogP contribution is 2.37. The topological polar surface area (TPSA) is 71.5 Å². The van der Waals surface area contributed by atoms with Gasteiger partial charge < -0.3 is 10.1 Å². The Bertz CT molecular complexity index is 882. The van der Waals surface area contributed by atoms with E-state index in [1.54, 1.807) is 0 Å². The molecule has 0 bridgehead atoms. The number of carbonyl (C=O) groups is 2. The van der Waals surface area contributed by atoms with E-state index in [0.29, 0.717) is 11.0 Å². The van der Waals surface area contributed by atoms with Crippen molar-refractivity contribution in [2.24, 2.45) is 0 Å². The molecule has 2 aromatic rings. The van der Waals surface area contributed by atoms with Crippen LogP contribution in [0.4, 0.5) is 28.0 Å². The molecule has 0 unspecified atom stereocenters. The lowest BCUT2D eigenvalue weighted by molar-refractivity contribution is -0.0328. The first-order valence-electron chi connectivity index (χ1n) is 7.40. The van der Waals surface area contributed by atoms with Crippen LogP contribution in [0.3, 0.4) is 0 Å². The lowest BCUT2D eigenvalue weighted by Crippen LogP contribution is -2.41. The fourth-order valence-electron chi connectivity index (χ4n) is 1.99. The van der Waals surface area contributed by atoms with E-state index in [-0.39, 0.29) is 10.7 Å². The molecule has 0 aliphatic heterocycles. The number of alkyl halides is 3. The van der Waals surface area contributed by atoms with Crippen LogP contribution in [0.5, 0.6) is 0 Å². The summed E-state index contributed by atoms with van der Waals surface area (Å²) in [6.07, 6.45) is 1.29. The number of thioether (sulfide) groups is 1. The number of benzene rings is 1. The highest BCUT2D eigenvalue weighted by molar-refractivity contribution is 8.00. The third-order valence-electron chi connectivity index (χ3n) is 3.13. The summed E-state index contributed by atoms with van der Waals surface area (Å²) in [5.74, 6) is -2.02. The van der Waals surface area contributed by atoms with Crippen molar-refractivity contribution in [2.75, 3.05) is 19.2 Å². The molecule has 0 fully saturated rings. The standard InChI is InChI=1S/C16H12ClF4N3O3S/c1-27-8-24(14(25)13-10(17)3-2-6-22-13)15(26)23-12-5-4-9(7-11(12)18)28-16(19,20)21/h2-7H,8H2,1H3,(H,23,26). The number of ether oxygens (including phenoxy) is 1. The van der Waals surface area contributed by atoms with Gasteiger partial charge in [-0.05, 0) is 42.1 Å². The average molecular weight is 438 g/mol. The molecule has 3 amide bonds. The van der Waals surface area contributed by atoms with Crippen LogP contribution in [0, 0.1) is 5.82 Å². The van der Waals surface area contributed by atoms with Crippen LogP contribution in [0.2, 0.25) is 5.02 Å². The van der Waals surface area contributed by atoms with Crippen molar-refractivity contribution in [3.63, 3.8) is 0 Å². The molecular weight excluding hydrogens is 426 g/mol. The second kappa shape index (κ2) is 9.22. The van der Waals surface area contributed by atoms with Gasteiger partial charge in [0.05, 0.1) is 10.7 Å². The van der Waals surface area contributed by atoms with Crippen LogP contribution in [0.25, 0.3) is 0 Å². The largest absolute Gasteiger partial charge is 0.446 e. The van der Waals surface area contributed by atoms with Gasteiger partial charge in [0, 0.05) is 18.2 Å². The highest BCUT2D eigenvalue weighted by Gasteiger charge is 2.30. The van der Waals surface area contributed by atoms with Crippen molar-refractivity contribution < 1.29 is 31.9 Å². The number of rotatable bonds is 5. The number of nitrogens with zero attached hydrogens (tertiary/aromatic N) is 2. The monoisotopic (exact) mass is 437 g/mol. The number of nitrogens with one attached hydrogen (secondary N) is 1. The lowest BCUT2D eigenvalue weighted by atomic mass is 10.3. The number of imide groups is 1. The Morgan fingerprint density at radius 3 is 2.61 bits per heavy atom. The molecule has 1 heterocycles. The van der Waals surface area contributed by atoms with Crippen LogP contribution >= 0.6 is 23.4 Å². The molecule has 0 atom stereocenters. The molecule has 0 aliphatic carbocycles. The van der Waals surface area contributed by atoms with Crippen molar-refractivity contribution in [1.82, 2.24) is 9.88 Å². The normalized spacial score (nSPS) is 11.2. The average Bonchev–Trinajstić information content (AvgIpc) is 2.60. The van der Waals surface area contributed by atoms with E-state index in [4.69, 9.17) is 16.3 Å². The first kappa shape index (κ1) is 21.9. The summed E-state index contributed by atoms with van der Waals surface area (Å²) in [6.45, 7) is -0.499. The van der Waals surface area contributed by atoms with Gasteiger partial charge in [-0.1, -0.05) is 11.6 Å². The second-order valence-corrected chi connectivity index (χ2v) is 6.65. The summed E-state index contributed by atoms with van der Waals surface area (Å²) < 4.78 is 55.9. The van der Waals surface area contributed by atoms with Gasteiger partial charge in [0.15, 0.2) is 0 Å². The summed E-state index contributed by atoms with van der Waals surface area (Å²) in [7, 11) is 1.22. The van der Waals surface area contributed by atoms with E-state index in [2.05, 4.69) is 10.3 Å². The number of aromatic nitrogens is 1. The van der Waals surface area contributed by atoms with Gasteiger partial charge in [-0.3, -0.25) is 4.79 Å². The van der Waals surface area contributed by atoms with Crippen molar-refractivity contribution in [2.45, 2.75) is 10.4 Å². The summed E-state index contributed by atoms with van der Waals surface area (Å²) >= 11 is 5.39. The molecule has 150 valence electrons. The molecule has 1 aromatic carbocycles. The summed E-state index contributed by atoms with van der Waals surface area (Å²) in [5.41, 5.74) is -5.23. The molecule has 0 saturated carbocycles. The fourth-order valence-corrected chi connectivity index (χ4v) is 2.75. The number of amides is 3. The van der Waals surface area contributed by atoms with Gasteiger partial charge in [-0.25, -0.2) is 19.1 Å². The lowest BCUT2D eigenvalue weighted by Gasteiger charge is -2.20. The summed E-state index contributed by atoms with van der Waals surface area (Å²) in [6, 6.07) is 4.34. The summed E-state index contributed by atoms with van der Waals surface area (Å²) in [4.78, 5) is 28.9. The Balaban J connectivity index is 2.20. The van der Waals surface area contributed by atoms with E-state index in [1.807, 2.05) is 0 Å². The molecule has 0 spiro atoms. The number of carbonyl (C=O) groups excluding carboxylic acids is 2. The zero-order valence-corrected chi connectivity index (χ0v) is 15.7. The number of hydrogen-bond donors (Lipinski definition) is 1. The fraction of sp³-hybridized carbons (Fsp3) is 0.188. The predicted octanol–water partition coefficient (Wildman–Crippen LogP) is 4.76. The van der Waals surface area contributed by atoms with Crippen LogP contribution in [-0.2, 0) is 4.74 Å². The van der Waals surface area contributed by atoms with Crippen molar-refractivity contribution in [1.29, 1.82) is 0 Å². The van der Waals surface area contributed by atoms with Gasteiger partial charge in [-0.15, -0.1) is 0 Å². The van der Waals surface area contributed by atoms with Crippen LogP contribution in [0.1, 0.15) is 10.5 Å². The number of hydrogen-bond acceptors (Lipinski definition) is 5. The molecule has 0 aliphatic rings. The van der Waals surface area contributed by atoms with Crippen LogP contribution in [0.15, 0.2) is 41.4 Å². The zero-order chi connectivity index (χ0) is 20.9. The molecule has 0 radical (unpaired) electrons. The Hall–Kier alpha value is -2.37. The van der Waals surface area contributed by atoms with Crippen molar-refractivity contribution in [3.8, 4) is 0 Å². The number of halogens is 5. The first-order chi connectivity index (χ1) is 13.1. The maximum absolute atomic E-state index is 14.1. The van der Waals surface area contributed by atoms with Gasteiger partial charge in [0.1, 0.15) is 18.2 Å². The van der Waals surface area contributed by atoms with E-state index in [1.165, 1.54) is 25.4 Å². The van der Waals surface area contributed by atoms with E-state index in [0.717, 1.165) is 12.1 Å². The quantitative estimate of drug-likeness (QED) is 0.414. The minimum absolute atomic E-state index is 0.0129. The first-order valence-corrected chi connectivity index (χ1v) is 8.59. The number of anilines is 1. The van der Waals surface area contributed by atoms with Gasteiger partial charge in [0.25, 0.3) is 5.91 Å². The van der Waals surface area contributed by atoms with E-state index in [9.17, 15) is 27.2 Å². The molecule has 1 aromatic heterocycles. The smallest absolute Gasteiger partial charge is 0.364 e. The molecule has 12 heteroatoms. The minimum atomic E-state index is -4.58. The molecular formula is C16H12ClF4N3O3S. The Morgan fingerprint density at radius 1 is 1.32 bits per heavy atom. The van der Waals surface area contributed by atoms with Crippen LogP contribution in [-0.4, -0.2) is 41.2 Å². The minimum Gasteiger partial charge on any atom is -0.364 e. The Labute approximate surface area is 165 Å². The van der Waals surface area contributed by atoms with Gasteiger partial charge in [0.2, 0.25) is 0 Å². The van der Waals surface area contributed by atoms with E-state index >= 15 is 0 Å². The second-order valence-electron chi connectivity index (χ2n) is 5.10. The maximum atomic E-state index is 14.1. The number of methoxy groups -OCH3 is 1. The molecule has 0 saturated heterocycles. The molecule has 2 rings (SSSR count). The van der Waals surface area contributed by atoms with Crippen molar-refractivity contribution in [3.05, 3.63) is 53.1 Å². The SMILES string of the molecule is COCN(C(=O)Nc1ccc(SC(F)(F)F)cc1F)C(=O)c1ncccc1Cl. The third-order valence-corrected chi connectivity index (χ3v) is 4.15. The highest BCUT2D eigenvalue weighted by atomic mass is 35.5. The number of pyridine rings is 1.